The smallest absolute Gasteiger partial charge is 0.133 e. The van der Waals surface area contributed by atoms with Crippen LogP contribution >= 0.6 is 0 Å². The fourth-order valence-electron chi connectivity index (χ4n) is 5.90. The minimum Gasteiger partial charge on any atom is -0.384 e. The van der Waals surface area contributed by atoms with Crippen LogP contribution in [0.1, 0.15) is 56.2 Å². The fourth-order valence-corrected chi connectivity index (χ4v) is 7.07. The molecule has 2 fully saturated rings. The largest absolute Gasteiger partial charge is 0.384 e. The molecule has 1 aromatic carbocycles. The van der Waals surface area contributed by atoms with Crippen LogP contribution in [0.15, 0.2) is 30.3 Å². The third-order valence-corrected chi connectivity index (χ3v) is 9.86. The molecule has 2 atom stereocenters. The van der Waals surface area contributed by atoms with E-state index in [-0.39, 0.29) is 5.25 Å². The van der Waals surface area contributed by atoms with Gasteiger partial charge in [0.2, 0.25) is 0 Å². The average molecular weight is 511 g/mol. The van der Waals surface area contributed by atoms with Crippen molar-refractivity contribution in [1.82, 2.24) is 14.2 Å². The summed E-state index contributed by atoms with van der Waals surface area (Å²) in [6.07, 6.45) is 3.16. The number of hydrogen-bond acceptors (Lipinski definition) is 6. The Balaban J connectivity index is 1.32. The van der Waals surface area contributed by atoms with Crippen molar-refractivity contribution in [3.8, 4) is 0 Å². The molecule has 36 heavy (non-hydrogen) atoms. The number of piperazine rings is 1. The van der Waals surface area contributed by atoms with Crippen molar-refractivity contribution in [2.24, 2.45) is 0 Å². The van der Waals surface area contributed by atoms with Crippen molar-refractivity contribution in [2.75, 3.05) is 61.8 Å². The van der Waals surface area contributed by atoms with Crippen molar-refractivity contribution in [1.29, 1.82) is 0 Å². The summed E-state index contributed by atoms with van der Waals surface area (Å²) in [7, 11) is 1.32. The van der Waals surface area contributed by atoms with Crippen molar-refractivity contribution in [2.45, 2.75) is 63.8 Å². The molecule has 2 unspecified atom stereocenters. The number of hydrogen-bond donors (Lipinski definition) is 1. The maximum absolute atomic E-state index is 12.5. The summed E-state index contributed by atoms with van der Waals surface area (Å²) in [4.78, 5) is 12.0. The molecule has 196 valence electrons. The van der Waals surface area contributed by atoms with Crippen LogP contribution in [-0.4, -0.2) is 76.0 Å². The van der Waals surface area contributed by atoms with Gasteiger partial charge in [0.25, 0.3) is 0 Å². The quantitative estimate of drug-likeness (QED) is 0.663. The zero-order valence-electron chi connectivity index (χ0n) is 22.3. The van der Waals surface area contributed by atoms with Crippen LogP contribution in [0, 0.1) is 0 Å². The Morgan fingerprint density at radius 2 is 1.72 bits per heavy atom. The van der Waals surface area contributed by atoms with Crippen molar-refractivity contribution in [3.05, 3.63) is 47.0 Å². The molecule has 3 aliphatic rings. The SMILES string of the molecule is CC1Cc2ccc(C3CCN(S(=O)C(C)C)CC3)cc2CN1c1cc(N2CCN(C)CC2)cc(N)n1. The zero-order valence-corrected chi connectivity index (χ0v) is 23.1. The molecular formula is C28H42N6OS. The van der Waals surface area contributed by atoms with E-state index in [0.717, 1.165) is 70.9 Å². The summed E-state index contributed by atoms with van der Waals surface area (Å²) >= 11 is 0. The monoisotopic (exact) mass is 510 g/mol. The number of likely N-dealkylation sites (N-methyl/N-ethyl adjacent to an activating group) is 1. The van der Waals surface area contributed by atoms with Gasteiger partial charge in [-0.3, -0.25) is 0 Å². The topological polar surface area (TPSA) is 68.9 Å². The third kappa shape index (κ3) is 5.41. The number of aromatic nitrogens is 1. The normalized spacial score (nSPS) is 23.2. The minimum absolute atomic E-state index is 0.190. The summed E-state index contributed by atoms with van der Waals surface area (Å²) in [6, 6.07) is 11.7. The van der Waals surface area contributed by atoms with Gasteiger partial charge < -0.3 is 20.4 Å². The van der Waals surface area contributed by atoms with Gasteiger partial charge in [0.05, 0.1) is 11.0 Å². The van der Waals surface area contributed by atoms with E-state index in [0.29, 0.717) is 17.8 Å². The molecule has 0 radical (unpaired) electrons. The molecule has 2 N–H and O–H groups in total. The first-order valence-electron chi connectivity index (χ1n) is 13.5. The van der Waals surface area contributed by atoms with Gasteiger partial charge in [-0.05, 0) is 69.7 Å². The van der Waals surface area contributed by atoms with Crippen LogP contribution in [-0.2, 0) is 24.0 Å². The summed E-state index contributed by atoms with van der Waals surface area (Å²) in [5.41, 5.74) is 11.8. The molecule has 5 rings (SSSR count). The molecule has 7 nitrogen and oxygen atoms in total. The molecule has 3 aliphatic heterocycles. The molecular weight excluding hydrogens is 468 g/mol. The first-order valence-corrected chi connectivity index (χ1v) is 14.7. The molecule has 0 aliphatic carbocycles. The lowest BCUT2D eigenvalue weighted by molar-refractivity contribution is 0.313. The van der Waals surface area contributed by atoms with Gasteiger partial charge >= 0.3 is 0 Å². The van der Waals surface area contributed by atoms with E-state index in [2.05, 4.69) is 57.2 Å². The standard InChI is InChI=1S/C28H42N6OS/c1-20(2)36(35)33-9-7-22(8-10-33)24-6-5-23-15-21(3)34(19-25(23)16-24)28-18-26(17-27(29)30-28)32-13-11-31(4)12-14-32/h5-6,16-18,20-22H,7-15,19H2,1-4H3,(H2,29,30). The Kier molecular flexibility index (Phi) is 7.56. The number of benzene rings is 1. The van der Waals surface area contributed by atoms with Gasteiger partial charge in [0.15, 0.2) is 0 Å². The van der Waals surface area contributed by atoms with Crippen LogP contribution in [0.5, 0.6) is 0 Å². The first-order chi connectivity index (χ1) is 17.3. The molecule has 8 heteroatoms. The molecule has 0 bridgehead atoms. The minimum atomic E-state index is -0.866. The zero-order chi connectivity index (χ0) is 25.4. The summed E-state index contributed by atoms with van der Waals surface area (Å²) in [6.45, 7) is 13.2. The van der Waals surface area contributed by atoms with Crippen LogP contribution in [0.3, 0.4) is 0 Å². The predicted octanol–water partition coefficient (Wildman–Crippen LogP) is 3.62. The lowest BCUT2D eigenvalue weighted by atomic mass is 9.86. The summed E-state index contributed by atoms with van der Waals surface area (Å²) in [5.74, 6) is 2.12. The van der Waals surface area contributed by atoms with E-state index in [1.165, 1.54) is 22.4 Å². The molecule has 0 spiro atoms. The molecule has 2 aromatic rings. The van der Waals surface area contributed by atoms with E-state index in [4.69, 9.17) is 10.7 Å². The predicted molar refractivity (Wildman–Crippen MR) is 151 cm³/mol. The van der Waals surface area contributed by atoms with E-state index < -0.39 is 11.0 Å². The highest BCUT2D eigenvalue weighted by atomic mass is 32.2. The Morgan fingerprint density at radius 1 is 1.00 bits per heavy atom. The Labute approximate surface area is 219 Å². The van der Waals surface area contributed by atoms with Crippen molar-refractivity contribution < 1.29 is 4.21 Å². The second-order valence-electron chi connectivity index (χ2n) is 11.1. The molecule has 2 saturated heterocycles. The maximum Gasteiger partial charge on any atom is 0.133 e. The molecule has 4 heterocycles. The summed E-state index contributed by atoms with van der Waals surface area (Å²) in [5, 5.41) is 0.190. The number of pyridine rings is 1. The maximum atomic E-state index is 12.5. The average Bonchev–Trinajstić information content (AvgIpc) is 2.87. The fraction of sp³-hybridized carbons (Fsp3) is 0.607. The van der Waals surface area contributed by atoms with Crippen LogP contribution in [0.2, 0.25) is 0 Å². The number of fused-ring (bicyclic) bond motifs is 1. The van der Waals surface area contributed by atoms with Gasteiger partial charge in [0.1, 0.15) is 11.6 Å². The van der Waals surface area contributed by atoms with E-state index in [1.54, 1.807) is 0 Å². The number of nitrogens with zero attached hydrogens (tertiary/aromatic N) is 5. The lowest BCUT2D eigenvalue weighted by Gasteiger charge is -2.38. The first kappa shape index (κ1) is 25.5. The van der Waals surface area contributed by atoms with E-state index >= 15 is 0 Å². The highest BCUT2D eigenvalue weighted by molar-refractivity contribution is 7.83. The number of piperidine rings is 1. The number of rotatable bonds is 5. The Hall–Kier alpha value is -2.16. The molecule has 0 amide bonds. The van der Waals surface area contributed by atoms with E-state index in [1.807, 2.05) is 19.9 Å². The van der Waals surface area contributed by atoms with Crippen molar-refractivity contribution >= 4 is 28.3 Å². The van der Waals surface area contributed by atoms with Crippen LogP contribution < -0.4 is 15.5 Å². The Bertz CT molecular complexity index is 1090. The van der Waals surface area contributed by atoms with Gasteiger partial charge in [-0.1, -0.05) is 18.2 Å². The molecule has 1 aromatic heterocycles. The van der Waals surface area contributed by atoms with Gasteiger partial charge in [-0.15, -0.1) is 0 Å². The number of nitrogen functional groups attached to an aromatic ring is 1. The van der Waals surface area contributed by atoms with Gasteiger partial charge in [0, 0.05) is 74.9 Å². The Morgan fingerprint density at radius 3 is 2.42 bits per heavy atom. The summed E-state index contributed by atoms with van der Waals surface area (Å²) < 4.78 is 14.7. The van der Waals surface area contributed by atoms with Crippen molar-refractivity contribution in [3.63, 3.8) is 0 Å². The number of nitrogens with two attached hydrogens (primary N) is 1. The third-order valence-electron chi connectivity index (χ3n) is 8.18. The van der Waals surface area contributed by atoms with Gasteiger partial charge in [-0.25, -0.2) is 13.5 Å². The van der Waals surface area contributed by atoms with Gasteiger partial charge in [-0.2, -0.15) is 0 Å². The van der Waals surface area contributed by atoms with Crippen LogP contribution in [0.4, 0.5) is 17.3 Å². The lowest BCUT2D eigenvalue weighted by Crippen LogP contribution is -2.44. The highest BCUT2D eigenvalue weighted by Gasteiger charge is 2.29. The number of anilines is 3. The van der Waals surface area contributed by atoms with Crippen LogP contribution in [0.25, 0.3) is 0 Å². The second-order valence-corrected chi connectivity index (χ2v) is 13.1. The highest BCUT2D eigenvalue weighted by Crippen LogP contribution is 2.35. The molecule has 0 saturated carbocycles. The second kappa shape index (κ2) is 10.7. The van der Waals surface area contributed by atoms with E-state index in [9.17, 15) is 4.21 Å².